The molecular weight excluding hydrogens is 316 g/mol. The maximum absolute atomic E-state index is 11.9. The molecule has 3 nitrogen and oxygen atoms in total. The topological polar surface area (TPSA) is 41.5 Å². The van der Waals surface area contributed by atoms with E-state index >= 15 is 0 Å². The number of carbonyl (C=O) groups excluding carboxylic acids is 1. The van der Waals surface area contributed by atoms with Gasteiger partial charge in [-0.25, -0.2) is 5.43 Å². The molecule has 0 radical (unpaired) electrons. The van der Waals surface area contributed by atoms with Crippen molar-refractivity contribution in [3.63, 3.8) is 0 Å². The average molecular weight is 340 g/mol. The fourth-order valence-electron chi connectivity index (χ4n) is 2.12. The van der Waals surface area contributed by atoms with Gasteiger partial charge < -0.3 is 0 Å². The number of hydrogen-bond acceptors (Lipinski definition) is 3. The van der Waals surface area contributed by atoms with Crippen LogP contribution in [0.1, 0.15) is 38.8 Å². The third-order valence-corrected chi connectivity index (χ3v) is 4.64. The van der Waals surface area contributed by atoms with Gasteiger partial charge in [0.1, 0.15) is 0 Å². The van der Waals surface area contributed by atoms with Crippen molar-refractivity contribution in [1.82, 2.24) is 5.43 Å². The lowest BCUT2D eigenvalue weighted by Crippen LogP contribution is -2.21. The number of hydrazone groups is 1. The molecule has 2 aromatic carbocycles. The molecule has 1 N–H and O–H groups in total. The lowest BCUT2D eigenvalue weighted by atomic mass is 9.86. The van der Waals surface area contributed by atoms with Crippen LogP contribution in [0.2, 0.25) is 0 Å². The van der Waals surface area contributed by atoms with E-state index in [1.54, 1.807) is 0 Å². The minimum absolute atomic E-state index is 0.102. The second-order valence-electron chi connectivity index (χ2n) is 6.66. The zero-order valence-electron chi connectivity index (χ0n) is 14.7. The van der Waals surface area contributed by atoms with Crippen molar-refractivity contribution in [2.24, 2.45) is 5.10 Å². The van der Waals surface area contributed by atoms with E-state index in [4.69, 9.17) is 0 Å². The highest BCUT2D eigenvalue weighted by Gasteiger charge is 2.13. The monoisotopic (exact) mass is 340 g/mol. The van der Waals surface area contributed by atoms with Gasteiger partial charge in [0, 0.05) is 4.90 Å². The van der Waals surface area contributed by atoms with Crippen molar-refractivity contribution in [1.29, 1.82) is 0 Å². The SMILES string of the molecule is C/C(=N\NC(=O)CSc1ccccc1)c1ccc(C(C)(C)C)cc1. The molecule has 0 heterocycles. The lowest BCUT2D eigenvalue weighted by Gasteiger charge is -2.19. The van der Waals surface area contributed by atoms with Gasteiger partial charge in [0.2, 0.25) is 5.91 Å². The number of thioether (sulfide) groups is 1. The average Bonchev–Trinajstić information content (AvgIpc) is 2.58. The highest BCUT2D eigenvalue weighted by atomic mass is 32.2. The molecule has 0 bridgehead atoms. The van der Waals surface area contributed by atoms with Crippen LogP contribution in [-0.4, -0.2) is 17.4 Å². The molecule has 0 atom stereocenters. The summed E-state index contributed by atoms with van der Waals surface area (Å²) in [5.41, 5.74) is 5.85. The summed E-state index contributed by atoms with van der Waals surface area (Å²) in [6.45, 7) is 8.46. The summed E-state index contributed by atoms with van der Waals surface area (Å²) >= 11 is 1.50. The van der Waals surface area contributed by atoms with Crippen LogP contribution in [0.25, 0.3) is 0 Å². The van der Waals surface area contributed by atoms with Gasteiger partial charge in [-0.1, -0.05) is 63.2 Å². The van der Waals surface area contributed by atoms with Crippen LogP contribution in [0.5, 0.6) is 0 Å². The summed E-state index contributed by atoms with van der Waals surface area (Å²) in [6, 6.07) is 18.2. The third kappa shape index (κ3) is 5.53. The molecule has 126 valence electrons. The first-order valence-corrected chi connectivity index (χ1v) is 8.97. The Hall–Kier alpha value is -2.07. The Bertz CT molecular complexity index is 701. The molecular formula is C20H24N2OS. The van der Waals surface area contributed by atoms with Gasteiger partial charge in [-0.2, -0.15) is 5.10 Å². The molecule has 0 aliphatic heterocycles. The van der Waals surface area contributed by atoms with Crippen molar-refractivity contribution in [3.8, 4) is 0 Å². The zero-order chi connectivity index (χ0) is 17.6. The Labute approximate surface area is 148 Å². The number of nitrogens with zero attached hydrogens (tertiary/aromatic N) is 1. The molecule has 1 amide bonds. The van der Waals surface area contributed by atoms with Crippen LogP contribution in [0, 0.1) is 0 Å². The van der Waals surface area contributed by atoms with Crippen LogP contribution in [0.3, 0.4) is 0 Å². The van der Waals surface area contributed by atoms with Crippen molar-refractivity contribution < 1.29 is 4.79 Å². The summed E-state index contributed by atoms with van der Waals surface area (Å²) in [7, 11) is 0. The number of rotatable bonds is 5. The summed E-state index contributed by atoms with van der Waals surface area (Å²) in [4.78, 5) is 13.0. The second kappa shape index (κ2) is 8.15. The summed E-state index contributed by atoms with van der Waals surface area (Å²) in [5.74, 6) is 0.249. The minimum atomic E-state index is -0.102. The van der Waals surface area contributed by atoms with Crippen molar-refractivity contribution in [2.45, 2.75) is 38.0 Å². The third-order valence-electron chi connectivity index (χ3n) is 3.63. The Morgan fingerprint density at radius 2 is 1.67 bits per heavy atom. The van der Waals surface area contributed by atoms with E-state index in [1.165, 1.54) is 17.3 Å². The Morgan fingerprint density at radius 3 is 2.25 bits per heavy atom. The second-order valence-corrected chi connectivity index (χ2v) is 7.71. The molecule has 0 aliphatic carbocycles. The molecule has 0 fully saturated rings. The number of carbonyl (C=O) groups is 1. The van der Waals surface area contributed by atoms with E-state index in [2.05, 4.69) is 43.4 Å². The van der Waals surface area contributed by atoms with E-state index in [-0.39, 0.29) is 11.3 Å². The molecule has 0 aliphatic rings. The largest absolute Gasteiger partial charge is 0.272 e. The predicted octanol–water partition coefficient (Wildman–Crippen LogP) is 4.62. The van der Waals surface area contributed by atoms with Crippen LogP contribution in [-0.2, 0) is 10.2 Å². The van der Waals surface area contributed by atoms with Crippen molar-refractivity contribution in [2.75, 3.05) is 5.75 Å². The highest BCUT2D eigenvalue weighted by Crippen LogP contribution is 2.22. The lowest BCUT2D eigenvalue weighted by molar-refractivity contribution is -0.118. The van der Waals surface area contributed by atoms with Gasteiger partial charge >= 0.3 is 0 Å². The van der Waals surface area contributed by atoms with Crippen molar-refractivity contribution in [3.05, 3.63) is 65.7 Å². The standard InChI is InChI=1S/C20H24N2OS/c1-15(16-10-12-17(13-11-16)20(2,3)4)21-22-19(23)14-24-18-8-6-5-7-9-18/h5-13H,14H2,1-4H3,(H,22,23)/b21-15+. The maximum Gasteiger partial charge on any atom is 0.250 e. The zero-order valence-corrected chi connectivity index (χ0v) is 15.5. The molecule has 24 heavy (non-hydrogen) atoms. The van der Waals surface area contributed by atoms with Gasteiger partial charge in [0.15, 0.2) is 0 Å². The molecule has 0 unspecified atom stereocenters. The highest BCUT2D eigenvalue weighted by molar-refractivity contribution is 8.00. The molecule has 4 heteroatoms. The first kappa shape index (κ1) is 18.3. The Morgan fingerprint density at radius 1 is 1.04 bits per heavy atom. The van der Waals surface area contributed by atoms with E-state index in [1.807, 2.05) is 49.4 Å². The fourth-order valence-corrected chi connectivity index (χ4v) is 2.83. The van der Waals surface area contributed by atoms with Crippen LogP contribution < -0.4 is 5.43 Å². The molecule has 0 saturated heterocycles. The van der Waals surface area contributed by atoms with Gasteiger partial charge in [0.25, 0.3) is 0 Å². The first-order valence-electron chi connectivity index (χ1n) is 7.98. The predicted molar refractivity (Wildman–Crippen MR) is 103 cm³/mol. The smallest absolute Gasteiger partial charge is 0.250 e. The number of amides is 1. The molecule has 0 aromatic heterocycles. The normalized spacial score (nSPS) is 12.1. The molecule has 2 rings (SSSR count). The van der Waals surface area contributed by atoms with E-state index in [0.717, 1.165) is 16.2 Å². The maximum atomic E-state index is 11.9. The molecule has 2 aromatic rings. The Kier molecular flexibility index (Phi) is 6.21. The summed E-state index contributed by atoms with van der Waals surface area (Å²) in [5, 5.41) is 4.20. The quantitative estimate of drug-likeness (QED) is 0.490. The van der Waals surface area contributed by atoms with Crippen molar-refractivity contribution >= 4 is 23.4 Å². The van der Waals surface area contributed by atoms with E-state index in [0.29, 0.717) is 5.75 Å². The number of nitrogens with one attached hydrogen (secondary N) is 1. The van der Waals surface area contributed by atoms with Crippen LogP contribution >= 0.6 is 11.8 Å². The summed E-state index contributed by atoms with van der Waals surface area (Å²) in [6.07, 6.45) is 0. The van der Waals surface area contributed by atoms with Gasteiger partial charge in [0.05, 0.1) is 11.5 Å². The number of benzene rings is 2. The Balaban J connectivity index is 1.90. The van der Waals surface area contributed by atoms with Gasteiger partial charge in [-0.3, -0.25) is 4.79 Å². The number of hydrogen-bond donors (Lipinski definition) is 1. The summed E-state index contributed by atoms with van der Waals surface area (Å²) < 4.78 is 0. The first-order chi connectivity index (χ1) is 11.4. The van der Waals surface area contributed by atoms with Gasteiger partial charge in [-0.15, -0.1) is 11.8 Å². The van der Waals surface area contributed by atoms with Crippen LogP contribution in [0.4, 0.5) is 0 Å². The van der Waals surface area contributed by atoms with E-state index in [9.17, 15) is 4.79 Å². The fraction of sp³-hybridized carbons (Fsp3) is 0.300. The van der Waals surface area contributed by atoms with Crippen LogP contribution in [0.15, 0.2) is 64.6 Å². The molecule has 0 saturated carbocycles. The van der Waals surface area contributed by atoms with E-state index < -0.39 is 0 Å². The minimum Gasteiger partial charge on any atom is -0.272 e. The van der Waals surface area contributed by atoms with Gasteiger partial charge in [-0.05, 0) is 35.6 Å². The molecule has 0 spiro atoms.